The zero-order chi connectivity index (χ0) is 23.5. The molecule has 0 radical (unpaired) electrons. The maximum atomic E-state index is 13.3. The van der Waals surface area contributed by atoms with Gasteiger partial charge >= 0.3 is 7.12 Å². The summed E-state index contributed by atoms with van der Waals surface area (Å²) in [7, 11) is -0.199. The van der Waals surface area contributed by atoms with Crippen LogP contribution >= 0.6 is 11.8 Å². The van der Waals surface area contributed by atoms with Crippen molar-refractivity contribution >= 4 is 41.5 Å². The van der Waals surface area contributed by atoms with Crippen LogP contribution in [-0.2, 0) is 4.79 Å². The number of nitrogens with one attached hydrogen (secondary N) is 2. The first-order valence-electron chi connectivity index (χ1n) is 10.6. The van der Waals surface area contributed by atoms with E-state index >= 15 is 0 Å². The summed E-state index contributed by atoms with van der Waals surface area (Å²) in [5.41, 5.74) is 5.94. The van der Waals surface area contributed by atoms with E-state index in [0.29, 0.717) is 54.7 Å². The second kappa shape index (κ2) is 13.3. The summed E-state index contributed by atoms with van der Waals surface area (Å²) in [5, 5.41) is 26.4. The van der Waals surface area contributed by atoms with E-state index in [1.807, 2.05) is 36.6 Å². The number of carbonyl (C=O) groups excluding carboxylic acids is 2. The predicted molar refractivity (Wildman–Crippen MR) is 130 cm³/mol. The molecule has 0 bridgehead atoms. The van der Waals surface area contributed by atoms with Crippen molar-refractivity contribution < 1.29 is 24.4 Å². The SMILES string of the molecule is COc1ccc2ccccc2c1C(=O)N[C@@H](CCCCN)C(=O)N[C@@H](CCSC)B(O)O. The van der Waals surface area contributed by atoms with Crippen molar-refractivity contribution in [3.05, 3.63) is 42.0 Å². The van der Waals surface area contributed by atoms with Crippen molar-refractivity contribution in [1.29, 1.82) is 0 Å². The number of rotatable bonds is 13. The lowest BCUT2D eigenvalue weighted by Gasteiger charge is -2.23. The third kappa shape index (κ3) is 7.13. The Morgan fingerprint density at radius 2 is 1.88 bits per heavy atom. The number of nitrogens with two attached hydrogens (primary N) is 1. The quantitative estimate of drug-likeness (QED) is 0.224. The molecule has 10 heteroatoms. The fraction of sp³-hybridized carbons (Fsp3) is 0.455. The molecule has 6 N–H and O–H groups in total. The summed E-state index contributed by atoms with van der Waals surface area (Å²) in [6, 6.07) is 10.2. The number of hydrogen-bond donors (Lipinski definition) is 5. The molecule has 0 unspecified atom stereocenters. The van der Waals surface area contributed by atoms with Gasteiger partial charge in [0.2, 0.25) is 5.91 Å². The van der Waals surface area contributed by atoms with Crippen molar-refractivity contribution in [2.75, 3.05) is 25.7 Å². The predicted octanol–water partition coefficient (Wildman–Crippen LogP) is 1.33. The molecule has 0 saturated heterocycles. The average Bonchev–Trinajstić information content (AvgIpc) is 2.79. The lowest BCUT2D eigenvalue weighted by molar-refractivity contribution is -0.123. The largest absolute Gasteiger partial charge is 0.496 e. The highest BCUT2D eigenvalue weighted by molar-refractivity contribution is 7.98. The van der Waals surface area contributed by atoms with Gasteiger partial charge < -0.3 is 31.2 Å². The fourth-order valence-corrected chi connectivity index (χ4v) is 3.96. The van der Waals surface area contributed by atoms with Gasteiger partial charge in [-0.1, -0.05) is 30.3 Å². The molecule has 2 aromatic rings. The molecule has 8 nitrogen and oxygen atoms in total. The summed E-state index contributed by atoms with van der Waals surface area (Å²) in [4.78, 5) is 26.3. The molecule has 0 fully saturated rings. The van der Waals surface area contributed by atoms with Gasteiger partial charge in [0.05, 0.1) is 18.6 Å². The van der Waals surface area contributed by atoms with Gasteiger partial charge in [-0.2, -0.15) is 11.8 Å². The molecule has 2 atom stereocenters. The number of unbranched alkanes of at least 4 members (excludes halogenated alkanes) is 1. The van der Waals surface area contributed by atoms with E-state index in [9.17, 15) is 19.6 Å². The number of ether oxygens (including phenoxy) is 1. The molecule has 0 saturated carbocycles. The highest BCUT2D eigenvalue weighted by atomic mass is 32.2. The summed E-state index contributed by atoms with van der Waals surface area (Å²) >= 11 is 1.54. The molecule has 2 amide bonds. The van der Waals surface area contributed by atoms with Gasteiger partial charge in [-0.25, -0.2) is 0 Å². The molecule has 0 heterocycles. The molecule has 32 heavy (non-hydrogen) atoms. The molecule has 0 spiro atoms. The van der Waals surface area contributed by atoms with E-state index in [1.165, 1.54) is 7.11 Å². The zero-order valence-electron chi connectivity index (χ0n) is 18.5. The van der Waals surface area contributed by atoms with Crippen molar-refractivity contribution in [2.24, 2.45) is 5.73 Å². The minimum atomic E-state index is -1.69. The first-order chi connectivity index (χ1) is 15.4. The van der Waals surface area contributed by atoms with Crippen molar-refractivity contribution in [1.82, 2.24) is 10.6 Å². The number of amides is 2. The molecule has 0 aliphatic heterocycles. The summed E-state index contributed by atoms with van der Waals surface area (Å²) in [6.45, 7) is 0.477. The molecule has 2 rings (SSSR count). The van der Waals surface area contributed by atoms with E-state index < -0.39 is 30.9 Å². The maximum Gasteiger partial charge on any atom is 0.475 e. The Morgan fingerprint density at radius 3 is 2.53 bits per heavy atom. The highest BCUT2D eigenvalue weighted by Crippen LogP contribution is 2.28. The first-order valence-corrected chi connectivity index (χ1v) is 12.0. The average molecular weight is 461 g/mol. The Hall–Kier alpha value is -2.27. The van der Waals surface area contributed by atoms with Crippen LogP contribution in [0.3, 0.4) is 0 Å². The normalized spacial score (nSPS) is 12.8. The van der Waals surface area contributed by atoms with E-state index in [0.717, 1.165) is 5.39 Å². The Balaban J connectivity index is 2.27. The van der Waals surface area contributed by atoms with Crippen LogP contribution < -0.4 is 21.1 Å². The van der Waals surface area contributed by atoms with Gasteiger partial charge in [-0.3, -0.25) is 9.59 Å². The summed E-state index contributed by atoms with van der Waals surface area (Å²) < 4.78 is 5.41. The van der Waals surface area contributed by atoms with Gasteiger partial charge in [0.25, 0.3) is 5.91 Å². The highest BCUT2D eigenvalue weighted by Gasteiger charge is 2.29. The third-order valence-corrected chi connectivity index (χ3v) is 5.87. The Labute approximate surface area is 193 Å². The van der Waals surface area contributed by atoms with Crippen molar-refractivity contribution in [2.45, 2.75) is 37.7 Å². The first kappa shape index (κ1) is 26.0. The standard InChI is InChI=1S/C22H32BN3O5S/c1-31-18-11-10-15-7-3-4-8-16(15)20(18)22(28)25-17(9-5-6-13-24)21(27)26-19(23(29)30)12-14-32-2/h3-4,7-8,10-11,17,19,29-30H,5-6,9,12-14,24H2,1-2H3,(H,25,28)(H,26,27)/t17-,19-/m0/s1. The number of thioether (sulfide) groups is 1. The van der Waals surface area contributed by atoms with Crippen LogP contribution in [0.4, 0.5) is 0 Å². The van der Waals surface area contributed by atoms with E-state index in [2.05, 4.69) is 10.6 Å². The van der Waals surface area contributed by atoms with Crippen LogP contribution in [-0.4, -0.2) is 66.6 Å². The van der Waals surface area contributed by atoms with Crippen LogP contribution in [0.15, 0.2) is 36.4 Å². The van der Waals surface area contributed by atoms with E-state index in [-0.39, 0.29) is 0 Å². The van der Waals surface area contributed by atoms with Crippen molar-refractivity contribution in [3.8, 4) is 5.75 Å². The number of carbonyl (C=O) groups is 2. The van der Waals surface area contributed by atoms with Gasteiger partial charge in [0.1, 0.15) is 11.8 Å². The van der Waals surface area contributed by atoms with Crippen LogP contribution in [0.25, 0.3) is 10.8 Å². The van der Waals surface area contributed by atoms with Crippen LogP contribution in [0, 0.1) is 0 Å². The third-order valence-electron chi connectivity index (χ3n) is 5.23. The summed E-state index contributed by atoms with van der Waals surface area (Å²) in [6.07, 6.45) is 4.01. The number of hydrogen-bond acceptors (Lipinski definition) is 7. The van der Waals surface area contributed by atoms with Crippen LogP contribution in [0.2, 0.25) is 0 Å². The van der Waals surface area contributed by atoms with Crippen LogP contribution in [0.5, 0.6) is 5.75 Å². The molecular weight excluding hydrogens is 429 g/mol. The van der Waals surface area contributed by atoms with E-state index in [4.69, 9.17) is 10.5 Å². The topological polar surface area (TPSA) is 134 Å². The monoisotopic (exact) mass is 461 g/mol. The van der Waals surface area contributed by atoms with Crippen molar-refractivity contribution in [3.63, 3.8) is 0 Å². The number of benzene rings is 2. The second-order valence-electron chi connectivity index (χ2n) is 7.48. The van der Waals surface area contributed by atoms with Gasteiger partial charge in [0, 0.05) is 0 Å². The van der Waals surface area contributed by atoms with Gasteiger partial charge in [-0.05, 0) is 61.1 Å². The Morgan fingerprint density at radius 1 is 1.12 bits per heavy atom. The minimum absolute atomic E-state index is 0.350. The van der Waals surface area contributed by atoms with Gasteiger partial charge in [0.15, 0.2) is 0 Å². The van der Waals surface area contributed by atoms with E-state index in [1.54, 1.807) is 17.8 Å². The molecule has 174 valence electrons. The minimum Gasteiger partial charge on any atom is -0.496 e. The molecule has 0 aliphatic carbocycles. The molecule has 0 aromatic heterocycles. The zero-order valence-corrected chi connectivity index (χ0v) is 19.4. The smallest absolute Gasteiger partial charge is 0.475 e. The number of methoxy groups -OCH3 is 1. The lowest BCUT2D eigenvalue weighted by Crippen LogP contribution is -2.54. The maximum absolute atomic E-state index is 13.3. The fourth-order valence-electron chi connectivity index (χ4n) is 3.47. The number of fused-ring (bicyclic) bond motifs is 1. The molecule has 0 aliphatic rings. The Kier molecular flexibility index (Phi) is 10.8. The van der Waals surface area contributed by atoms with Gasteiger partial charge in [-0.15, -0.1) is 0 Å². The van der Waals surface area contributed by atoms with Crippen LogP contribution in [0.1, 0.15) is 36.0 Å². The molecular formula is C22H32BN3O5S. The molecule has 2 aromatic carbocycles. The second-order valence-corrected chi connectivity index (χ2v) is 8.47. The Bertz CT molecular complexity index is 899. The summed E-state index contributed by atoms with van der Waals surface area (Å²) in [5.74, 6) is -0.660. The lowest BCUT2D eigenvalue weighted by atomic mass is 9.77.